The van der Waals surface area contributed by atoms with E-state index in [0.29, 0.717) is 0 Å². The van der Waals surface area contributed by atoms with Crippen LogP contribution in [0.5, 0.6) is 0 Å². The summed E-state index contributed by atoms with van der Waals surface area (Å²) in [7, 11) is 0. The van der Waals surface area contributed by atoms with E-state index in [1.165, 1.54) is 0 Å². The molecule has 3 N–H and O–H groups in total. The van der Waals surface area contributed by atoms with E-state index in [4.69, 9.17) is 5.73 Å². The summed E-state index contributed by atoms with van der Waals surface area (Å²) in [5.41, 5.74) is 8.12. The lowest BCUT2D eigenvalue weighted by Crippen LogP contribution is -2.28. The fourth-order valence-electron chi connectivity index (χ4n) is 2.81. The summed E-state index contributed by atoms with van der Waals surface area (Å²) in [4.78, 5) is 26.2. The van der Waals surface area contributed by atoms with Crippen molar-refractivity contribution in [1.29, 1.82) is 0 Å². The Balaban J connectivity index is 1.78. The molecule has 1 aliphatic rings. The van der Waals surface area contributed by atoms with Crippen LogP contribution in [0.3, 0.4) is 0 Å². The zero-order valence-corrected chi connectivity index (χ0v) is 15.2. The van der Waals surface area contributed by atoms with E-state index < -0.39 is 5.91 Å². The highest BCUT2D eigenvalue weighted by molar-refractivity contribution is 9.10. The van der Waals surface area contributed by atoms with E-state index in [1.807, 2.05) is 19.9 Å². The third-order valence-corrected chi connectivity index (χ3v) is 4.84. The van der Waals surface area contributed by atoms with Crippen molar-refractivity contribution in [3.05, 3.63) is 40.0 Å². The largest absolute Gasteiger partial charge is 0.379 e. The Morgan fingerprint density at radius 3 is 2.92 bits per heavy atom. The minimum atomic E-state index is -0.603. The van der Waals surface area contributed by atoms with Gasteiger partial charge in [0.2, 0.25) is 5.82 Å². The summed E-state index contributed by atoms with van der Waals surface area (Å²) in [6.45, 7) is 5.49. The first-order valence-electron chi connectivity index (χ1n) is 7.71. The first-order chi connectivity index (χ1) is 11.5. The predicted molar refractivity (Wildman–Crippen MR) is 96.2 cm³/mol. The molecule has 0 saturated carbocycles. The van der Waals surface area contributed by atoms with Gasteiger partial charge in [-0.15, -0.1) is 0 Å². The van der Waals surface area contributed by atoms with Crippen LogP contribution in [0.2, 0.25) is 0 Å². The Bertz CT molecular complexity index is 781. The molecule has 0 spiro atoms. The van der Waals surface area contributed by atoms with Crippen LogP contribution in [0, 0.1) is 13.8 Å². The summed E-state index contributed by atoms with van der Waals surface area (Å²) < 4.78 is 0.938. The smallest absolute Gasteiger partial charge is 0.286 e. The van der Waals surface area contributed by atoms with E-state index >= 15 is 0 Å². The van der Waals surface area contributed by atoms with Gasteiger partial charge in [-0.05, 0) is 42.3 Å². The highest BCUT2D eigenvalue weighted by Crippen LogP contribution is 2.27. The molecular weight excluding hydrogens is 372 g/mol. The van der Waals surface area contributed by atoms with Gasteiger partial charge < -0.3 is 16.0 Å². The number of halogens is 1. The molecule has 8 heteroatoms. The Labute approximate surface area is 148 Å². The molecule has 0 aliphatic carbocycles. The second kappa shape index (κ2) is 6.72. The lowest BCUT2D eigenvalue weighted by atomic mass is 10.2. The van der Waals surface area contributed by atoms with Crippen molar-refractivity contribution < 1.29 is 4.79 Å². The van der Waals surface area contributed by atoms with Gasteiger partial charge in [-0.1, -0.05) is 0 Å². The molecule has 3 heterocycles. The number of carbonyl (C=O) groups excluding carboxylic acids is 1. The van der Waals surface area contributed by atoms with Crippen molar-refractivity contribution in [2.75, 3.05) is 23.3 Å². The number of nitrogens with zero attached hydrogens (tertiary/aromatic N) is 4. The van der Waals surface area contributed by atoms with Crippen LogP contribution in [0.4, 0.5) is 11.5 Å². The van der Waals surface area contributed by atoms with Gasteiger partial charge in [-0.2, -0.15) is 0 Å². The standard InChI is InChI=1S/C16H19BrN6O/c1-9-10(2)20-15(14(18)24)22-16(9)23-6-4-11(8-23)21-13-3-5-19-7-12(13)17/h3,5,7,11H,4,6,8H2,1-2H3,(H2,18,24)(H,19,21)/t11-/m1/s1. The molecule has 1 fully saturated rings. The van der Waals surface area contributed by atoms with Gasteiger partial charge in [0.1, 0.15) is 5.82 Å². The molecular formula is C16H19BrN6O. The molecule has 0 bridgehead atoms. The number of hydrogen-bond donors (Lipinski definition) is 2. The van der Waals surface area contributed by atoms with Gasteiger partial charge in [0.05, 0.1) is 10.2 Å². The predicted octanol–water partition coefficient (Wildman–Crippen LogP) is 2.04. The maximum atomic E-state index is 11.4. The average molecular weight is 391 g/mol. The maximum absolute atomic E-state index is 11.4. The third-order valence-electron chi connectivity index (χ3n) is 4.20. The molecule has 0 aromatic carbocycles. The summed E-state index contributed by atoms with van der Waals surface area (Å²) in [5, 5.41) is 3.52. The number of hydrogen-bond acceptors (Lipinski definition) is 6. The zero-order chi connectivity index (χ0) is 17.3. The quantitative estimate of drug-likeness (QED) is 0.828. The van der Waals surface area contributed by atoms with E-state index in [1.54, 1.807) is 12.4 Å². The molecule has 0 radical (unpaired) electrons. The molecule has 7 nitrogen and oxygen atoms in total. The molecule has 1 atom stereocenters. The number of aromatic nitrogens is 3. The van der Waals surface area contributed by atoms with Crippen molar-refractivity contribution >= 4 is 33.3 Å². The van der Waals surface area contributed by atoms with Crippen molar-refractivity contribution in [1.82, 2.24) is 15.0 Å². The number of amides is 1. The minimum absolute atomic E-state index is 0.0707. The number of nitrogens with two attached hydrogens (primary N) is 1. The first kappa shape index (κ1) is 16.6. The number of rotatable bonds is 4. The van der Waals surface area contributed by atoms with Crippen LogP contribution in [0.25, 0.3) is 0 Å². The maximum Gasteiger partial charge on any atom is 0.286 e. The monoisotopic (exact) mass is 390 g/mol. The fourth-order valence-corrected chi connectivity index (χ4v) is 3.18. The minimum Gasteiger partial charge on any atom is -0.379 e. The fraction of sp³-hybridized carbons (Fsp3) is 0.375. The summed E-state index contributed by atoms with van der Waals surface area (Å²) in [6, 6.07) is 2.23. The van der Waals surface area contributed by atoms with Crippen LogP contribution >= 0.6 is 15.9 Å². The van der Waals surface area contributed by atoms with Gasteiger partial charge in [0, 0.05) is 42.8 Å². The number of nitrogens with one attached hydrogen (secondary N) is 1. The normalized spacial score (nSPS) is 17.1. The van der Waals surface area contributed by atoms with E-state index in [0.717, 1.165) is 46.7 Å². The van der Waals surface area contributed by atoms with Crippen molar-refractivity contribution in [3.8, 4) is 0 Å². The summed E-state index contributed by atoms with van der Waals surface area (Å²) >= 11 is 3.50. The van der Waals surface area contributed by atoms with Gasteiger partial charge in [-0.3, -0.25) is 9.78 Å². The van der Waals surface area contributed by atoms with Crippen molar-refractivity contribution in [2.24, 2.45) is 5.73 Å². The van der Waals surface area contributed by atoms with Crippen molar-refractivity contribution in [2.45, 2.75) is 26.3 Å². The molecule has 1 aliphatic heterocycles. The van der Waals surface area contributed by atoms with Crippen LogP contribution in [0.15, 0.2) is 22.9 Å². The van der Waals surface area contributed by atoms with Crippen molar-refractivity contribution in [3.63, 3.8) is 0 Å². The summed E-state index contributed by atoms with van der Waals surface area (Å²) in [5.74, 6) is 0.254. The molecule has 3 rings (SSSR count). The Kier molecular flexibility index (Phi) is 4.66. The molecule has 1 amide bonds. The van der Waals surface area contributed by atoms with Gasteiger partial charge in [-0.25, -0.2) is 9.97 Å². The molecule has 126 valence electrons. The highest BCUT2D eigenvalue weighted by Gasteiger charge is 2.26. The first-order valence-corrected chi connectivity index (χ1v) is 8.51. The molecule has 2 aromatic heterocycles. The Morgan fingerprint density at radius 1 is 1.42 bits per heavy atom. The summed E-state index contributed by atoms with van der Waals surface area (Å²) in [6.07, 6.45) is 4.51. The second-order valence-corrected chi connectivity index (χ2v) is 6.73. The topological polar surface area (TPSA) is 97.0 Å². The number of primary amides is 1. The lowest BCUT2D eigenvalue weighted by molar-refractivity contribution is 0.0990. The molecule has 2 aromatic rings. The molecule has 1 saturated heterocycles. The lowest BCUT2D eigenvalue weighted by Gasteiger charge is -2.21. The Morgan fingerprint density at radius 2 is 2.21 bits per heavy atom. The van der Waals surface area contributed by atoms with Gasteiger partial charge >= 0.3 is 0 Å². The number of aryl methyl sites for hydroxylation is 1. The molecule has 24 heavy (non-hydrogen) atoms. The number of anilines is 2. The van der Waals surface area contributed by atoms with E-state index in [2.05, 4.69) is 41.1 Å². The van der Waals surface area contributed by atoms with Gasteiger partial charge in [0.25, 0.3) is 5.91 Å². The molecule has 0 unspecified atom stereocenters. The van der Waals surface area contributed by atoms with Crippen LogP contribution in [-0.2, 0) is 0 Å². The number of carbonyl (C=O) groups is 1. The highest BCUT2D eigenvalue weighted by atomic mass is 79.9. The Hall–Kier alpha value is -2.22. The number of pyridine rings is 1. The van der Waals surface area contributed by atoms with Crippen LogP contribution < -0.4 is 16.0 Å². The zero-order valence-electron chi connectivity index (χ0n) is 13.6. The average Bonchev–Trinajstić information content (AvgIpc) is 3.00. The SMILES string of the molecule is Cc1nc(C(N)=O)nc(N2CC[C@@H](Nc3ccncc3Br)C2)c1C. The van der Waals surface area contributed by atoms with Gasteiger partial charge in [0.15, 0.2) is 0 Å². The van der Waals surface area contributed by atoms with Crippen LogP contribution in [0.1, 0.15) is 28.3 Å². The van der Waals surface area contributed by atoms with E-state index in [-0.39, 0.29) is 11.9 Å². The van der Waals surface area contributed by atoms with E-state index in [9.17, 15) is 4.79 Å². The second-order valence-electron chi connectivity index (χ2n) is 5.88. The third kappa shape index (κ3) is 3.33. The van der Waals surface area contributed by atoms with Crippen LogP contribution in [-0.4, -0.2) is 40.0 Å².